The van der Waals surface area contributed by atoms with Crippen molar-refractivity contribution >= 4 is 18.6 Å². The lowest BCUT2D eigenvalue weighted by Gasteiger charge is -2.02. The molecule has 0 radical (unpaired) electrons. The number of aliphatic imine (C=N–C) groups is 2. The Labute approximate surface area is 93.7 Å². The van der Waals surface area contributed by atoms with Gasteiger partial charge in [-0.1, -0.05) is 30.3 Å². The molecule has 1 aromatic carbocycles. The first-order valence-electron chi connectivity index (χ1n) is 4.74. The van der Waals surface area contributed by atoms with Gasteiger partial charge in [-0.3, -0.25) is 9.79 Å². The maximum atomic E-state index is 11.2. The minimum atomic E-state index is -0.396. The molecule has 0 heterocycles. The molecule has 1 rings (SSSR count). The smallest absolute Gasteiger partial charge is 0.328 e. The van der Waals surface area contributed by atoms with Crippen LogP contribution in [0.2, 0.25) is 0 Å². The second-order valence-electron chi connectivity index (χ2n) is 2.90. The minimum absolute atomic E-state index is 0.0514. The fraction of sp³-hybridized carbons (Fsp3) is 0.182. The first kappa shape index (κ1) is 11.9. The lowest BCUT2D eigenvalue weighted by molar-refractivity contribution is -0.143. The Kier molecular flexibility index (Phi) is 5.33. The monoisotopic (exact) mass is 219 g/mol. The molecule has 2 N–H and O–H groups in total. The van der Waals surface area contributed by atoms with Crippen molar-refractivity contribution in [1.29, 1.82) is 0 Å². The number of hydrogen-bond donors (Lipinski definition) is 1. The number of hydrogen-bond acceptors (Lipinski definition) is 3. The average molecular weight is 219 g/mol. The van der Waals surface area contributed by atoms with Crippen LogP contribution in [0.1, 0.15) is 5.56 Å². The standard InChI is InChI=1S/C11H13N3O2/c12-8-14-9-13-6-11(15)16-7-10-4-2-1-3-5-10/h1-5,8-9H,6-7H2,(H2,12,13,14). The quantitative estimate of drug-likeness (QED) is 0.451. The van der Waals surface area contributed by atoms with Crippen molar-refractivity contribution in [2.45, 2.75) is 6.61 Å². The molecule has 5 nitrogen and oxygen atoms in total. The number of benzene rings is 1. The molecule has 0 spiro atoms. The van der Waals surface area contributed by atoms with E-state index in [1.165, 1.54) is 6.34 Å². The summed E-state index contributed by atoms with van der Waals surface area (Å²) in [6, 6.07) is 9.44. The summed E-state index contributed by atoms with van der Waals surface area (Å²) in [5.41, 5.74) is 5.93. The lowest BCUT2D eigenvalue weighted by Crippen LogP contribution is -2.08. The Morgan fingerprint density at radius 1 is 1.38 bits per heavy atom. The minimum Gasteiger partial charge on any atom is -0.459 e. The summed E-state index contributed by atoms with van der Waals surface area (Å²) < 4.78 is 4.97. The average Bonchev–Trinajstić information content (AvgIpc) is 2.33. The molecule has 16 heavy (non-hydrogen) atoms. The van der Waals surface area contributed by atoms with Gasteiger partial charge in [0.25, 0.3) is 0 Å². The van der Waals surface area contributed by atoms with Crippen LogP contribution in [0.3, 0.4) is 0 Å². The zero-order valence-corrected chi connectivity index (χ0v) is 8.74. The molecule has 0 bridgehead atoms. The second-order valence-corrected chi connectivity index (χ2v) is 2.90. The highest BCUT2D eigenvalue weighted by Gasteiger charge is 2.00. The fourth-order valence-electron chi connectivity index (χ4n) is 0.985. The van der Waals surface area contributed by atoms with E-state index in [-0.39, 0.29) is 13.2 Å². The van der Waals surface area contributed by atoms with Gasteiger partial charge in [-0.05, 0) is 5.56 Å². The molecule has 84 valence electrons. The highest BCUT2D eigenvalue weighted by atomic mass is 16.5. The predicted octanol–water partition coefficient (Wildman–Crippen LogP) is 0.745. The molecule has 5 heteroatoms. The maximum absolute atomic E-state index is 11.2. The Balaban J connectivity index is 2.25. The van der Waals surface area contributed by atoms with E-state index in [0.717, 1.165) is 11.9 Å². The topological polar surface area (TPSA) is 77.0 Å². The Hall–Kier alpha value is -2.17. The maximum Gasteiger partial charge on any atom is 0.328 e. The number of ether oxygens (including phenoxy) is 1. The number of rotatable bonds is 5. The van der Waals surface area contributed by atoms with Crippen molar-refractivity contribution in [3.05, 3.63) is 35.9 Å². The van der Waals surface area contributed by atoms with E-state index in [9.17, 15) is 4.79 Å². The Morgan fingerprint density at radius 3 is 2.81 bits per heavy atom. The molecular weight excluding hydrogens is 206 g/mol. The van der Waals surface area contributed by atoms with Gasteiger partial charge in [-0.25, -0.2) is 4.99 Å². The fourth-order valence-corrected chi connectivity index (χ4v) is 0.985. The van der Waals surface area contributed by atoms with E-state index in [0.29, 0.717) is 0 Å². The van der Waals surface area contributed by atoms with E-state index >= 15 is 0 Å². The third kappa shape index (κ3) is 4.90. The van der Waals surface area contributed by atoms with E-state index in [1.807, 2.05) is 30.3 Å². The van der Waals surface area contributed by atoms with Crippen molar-refractivity contribution in [3.63, 3.8) is 0 Å². The first-order chi connectivity index (χ1) is 7.83. The van der Waals surface area contributed by atoms with Gasteiger partial charge in [-0.2, -0.15) is 0 Å². The van der Waals surface area contributed by atoms with Crippen molar-refractivity contribution in [3.8, 4) is 0 Å². The molecular formula is C11H13N3O2. The summed E-state index contributed by atoms with van der Waals surface area (Å²) in [7, 11) is 0. The van der Waals surface area contributed by atoms with Gasteiger partial charge in [-0.15, -0.1) is 0 Å². The molecule has 0 aliphatic rings. The van der Waals surface area contributed by atoms with Crippen molar-refractivity contribution in [1.82, 2.24) is 0 Å². The van der Waals surface area contributed by atoms with Gasteiger partial charge in [0.05, 0.1) is 6.34 Å². The molecule has 0 saturated carbocycles. The number of nitrogens with zero attached hydrogens (tertiary/aromatic N) is 2. The van der Waals surface area contributed by atoms with E-state index in [2.05, 4.69) is 9.98 Å². The van der Waals surface area contributed by atoms with Gasteiger partial charge >= 0.3 is 5.97 Å². The molecule has 0 aliphatic heterocycles. The molecule has 0 amide bonds. The van der Waals surface area contributed by atoms with E-state index < -0.39 is 5.97 Å². The summed E-state index contributed by atoms with van der Waals surface area (Å²) in [5, 5.41) is 0. The van der Waals surface area contributed by atoms with Crippen molar-refractivity contribution in [2.75, 3.05) is 6.54 Å². The molecule has 0 fully saturated rings. The largest absolute Gasteiger partial charge is 0.459 e. The van der Waals surface area contributed by atoms with Gasteiger partial charge in [0.1, 0.15) is 19.5 Å². The van der Waals surface area contributed by atoms with Crippen LogP contribution in [0.25, 0.3) is 0 Å². The summed E-state index contributed by atoms with van der Waals surface area (Å²) in [5.74, 6) is -0.396. The van der Waals surface area contributed by atoms with Gasteiger partial charge in [0.15, 0.2) is 0 Å². The first-order valence-corrected chi connectivity index (χ1v) is 4.74. The van der Waals surface area contributed by atoms with Crippen LogP contribution in [-0.4, -0.2) is 25.2 Å². The van der Waals surface area contributed by atoms with Crippen LogP contribution in [-0.2, 0) is 16.1 Å². The highest BCUT2D eigenvalue weighted by Crippen LogP contribution is 2.00. The van der Waals surface area contributed by atoms with Crippen molar-refractivity contribution < 1.29 is 9.53 Å². The number of carbonyl (C=O) groups is 1. The van der Waals surface area contributed by atoms with Crippen LogP contribution in [0, 0.1) is 0 Å². The van der Waals surface area contributed by atoms with Crippen LogP contribution in [0.15, 0.2) is 40.3 Å². The summed E-state index contributed by atoms with van der Waals surface area (Å²) in [6.45, 7) is 0.208. The van der Waals surface area contributed by atoms with Crippen LogP contribution >= 0.6 is 0 Å². The van der Waals surface area contributed by atoms with Crippen LogP contribution in [0.5, 0.6) is 0 Å². The molecule has 0 atom stereocenters. The van der Waals surface area contributed by atoms with Crippen LogP contribution < -0.4 is 5.73 Å². The third-order valence-corrected chi connectivity index (χ3v) is 1.70. The number of carbonyl (C=O) groups excluding carboxylic acids is 1. The molecule has 0 aromatic heterocycles. The Bertz CT molecular complexity index is 374. The van der Waals surface area contributed by atoms with Gasteiger partial charge in [0.2, 0.25) is 0 Å². The Morgan fingerprint density at radius 2 is 2.12 bits per heavy atom. The van der Waals surface area contributed by atoms with Gasteiger partial charge in [0, 0.05) is 0 Å². The van der Waals surface area contributed by atoms with Crippen LogP contribution in [0.4, 0.5) is 0 Å². The molecule has 1 aromatic rings. The number of nitrogens with two attached hydrogens (primary N) is 1. The second kappa shape index (κ2) is 7.17. The van der Waals surface area contributed by atoms with E-state index in [4.69, 9.17) is 10.5 Å². The molecule has 0 unspecified atom stereocenters. The molecule has 0 saturated heterocycles. The molecule has 0 aliphatic carbocycles. The summed E-state index contributed by atoms with van der Waals surface area (Å²) >= 11 is 0. The predicted molar refractivity (Wildman–Crippen MR) is 62.3 cm³/mol. The summed E-state index contributed by atoms with van der Waals surface area (Å²) in [6.07, 6.45) is 2.31. The third-order valence-electron chi connectivity index (χ3n) is 1.70. The van der Waals surface area contributed by atoms with Crippen molar-refractivity contribution in [2.24, 2.45) is 15.7 Å². The normalized spacial score (nSPS) is 11.0. The van der Waals surface area contributed by atoms with Gasteiger partial charge < -0.3 is 10.5 Å². The summed E-state index contributed by atoms with van der Waals surface area (Å²) in [4.78, 5) is 18.4. The zero-order valence-electron chi connectivity index (χ0n) is 8.74. The lowest BCUT2D eigenvalue weighted by atomic mass is 10.2. The SMILES string of the molecule is N/C=N\C=N/CC(=O)OCc1ccccc1. The number of esters is 1. The zero-order chi connectivity index (χ0) is 11.6. The highest BCUT2D eigenvalue weighted by molar-refractivity contribution is 5.75. The van der Waals surface area contributed by atoms with E-state index in [1.54, 1.807) is 0 Å².